The van der Waals surface area contributed by atoms with Crippen molar-refractivity contribution in [3.63, 3.8) is 0 Å². The molecule has 0 amide bonds. The molecule has 1 saturated carbocycles. The van der Waals surface area contributed by atoms with E-state index in [1.54, 1.807) is 30.3 Å². The average Bonchev–Trinajstić information content (AvgIpc) is 3.34. The van der Waals surface area contributed by atoms with Crippen LogP contribution < -0.4 is 10.5 Å². The lowest BCUT2D eigenvalue weighted by atomic mass is 9.64. The highest BCUT2D eigenvalue weighted by atomic mass is 35.5. The summed E-state index contributed by atoms with van der Waals surface area (Å²) in [6, 6.07) is 13.4. The molecule has 2 heterocycles. The Morgan fingerprint density at radius 1 is 1.12 bits per heavy atom. The van der Waals surface area contributed by atoms with Crippen LogP contribution in [0, 0.1) is 5.92 Å². The molecule has 1 aliphatic heterocycles. The highest BCUT2D eigenvalue weighted by molar-refractivity contribution is 6.30. The summed E-state index contributed by atoms with van der Waals surface area (Å²) < 4.78 is 48.8. The number of hydrogen-bond acceptors (Lipinski definition) is 5. The average molecular weight is 592 g/mol. The number of anilines is 1. The number of fused-ring (bicyclic) bond motifs is 1. The molecule has 0 bridgehead atoms. The van der Waals surface area contributed by atoms with Crippen LogP contribution in [0.25, 0.3) is 5.69 Å². The molecule has 1 aliphatic carbocycles. The molecule has 1 aromatic heterocycles. The van der Waals surface area contributed by atoms with Gasteiger partial charge in [0.25, 0.3) is 5.56 Å². The Kier molecular flexibility index (Phi) is 7.65. The Balaban J connectivity index is 1.52. The standard InChI is InChI=1S/C30H33ClF3N3O4/c1-16(2)41-13-12-36-21-11-10-17(31)14-20(21)29(3,4)22(36)15-19-25(38)23(26(19)39)24-27(30(32,33)34)35-37(28(24)40)18-8-6-5-7-9-18/h5-11,14-16,19,23,25-26,35,38-39H,12-13H2,1-4H3. The van der Waals surface area contributed by atoms with Gasteiger partial charge in [-0.25, -0.2) is 4.68 Å². The number of allylic oxidation sites excluding steroid dienone is 1. The second-order valence-electron chi connectivity index (χ2n) is 11.4. The number of aliphatic hydroxyl groups is 2. The predicted octanol–water partition coefficient (Wildman–Crippen LogP) is 5.38. The van der Waals surface area contributed by atoms with E-state index in [4.69, 9.17) is 16.3 Å². The second kappa shape index (κ2) is 10.7. The van der Waals surface area contributed by atoms with E-state index >= 15 is 0 Å². The molecular weight excluding hydrogens is 559 g/mol. The van der Waals surface area contributed by atoms with Crippen LogP contribution in [-0.2, 0) is 16.3 Å². The van der Waals surface area contributed by atoms with Crippen molar-refractivity contribution in [1.82, 2.24) is 9.78 Å². The van der Waals surface area contributed by atoms with E-state index in [1.807, 2.05) is 44.7 Å². The van der Waals surface area contributed by atoms with E-state index in [0.29, 0.717) is 18.2 Å². The van der Waals surface area contributed by atoms with E-state index in [-0.39, 0.29) is 11.8 Å². The molecular formula is C30H33ClF3N3O4. The third kappa shape index (κ3) is 5.11. The zero-order valence-electron chi connectivity index (χ0n) is 23.1. The van der Waals surface area contributed by atoms with Gasteiger partial charge in [-0.3, -0.25) is 9.89 Å². The number of alkyl halides is 3. The molecule has 2 atom stereocenters. The normalized spacial score (nSPS) is 24.7. The fraction of sp³-hybridized carbons (Fsp3) is 0.433. The van der Waals surface area contributed by atoms with E-state index in [2.05, 4.69) is 5.10 Å². The summed E-state index contributed by atoms with van der Waals surface area (Å²) in [5, 5.41) is 25.1. The van der Waals surface area contributed by atoms with Crippen molar-refractivity contribution < 1.29 is 28.1 Å². The van der Waals surface area contributed by atoms with Gasteiger partial charge in [0.2, 0.25) is 0 Å². The van der Waals surface area contributed by atoms with Gasteiger partial charge in [-0.2, -0.15) is 13.2 Å². The van der Waals surface area contributed by atoms with Gasteiger partial charge in [0, 0.05) is 40.2 Å². The molecule has 0 radical (unpaired) electrons. The van der Waals surface area contributed by atoms with Crippen molar-refractivity contribution in [1.29, 1.82) is 0 Å². The lowest BCUT2D eigenvalue weighted by molar-refractivity contribution is -0.145. The van der Waals surface area contributed by atoms with Crippen molar-refractivity contribution in [3.05, 3.63) is 92.5 Å². The zero-order chi connectivity index (χ0) is 29.9. The molecule has 3 aromatic rings. The number of aliphatic hydroxyl groups excluding tert-OH is 2. The summed E-state index contributed by atoms with van der Waals surface area (Å²) >= 11 is 6.31. The number of aromatic amines is 1. The largest absolute Gasteiger partial charge is 0.433 e. The smallest absolute Gasteiger partial charge is 0.392 e. The maximum atomic E-state index is 14.1. The molecule has 0 saturated heterocycles. The summed E-state index contributed by atoms with van der Waals surface area (Å²) in [6.45, 7) is 8.71. The first-order valence-corrected chi connectivity index (χ1v) is 13.9. The van der Waals surface area contributed by atoms with Crippen molar-refractivity contribution in [3.8, 4) is 5.69 Å². The third-order valence-electron chi connectivity index (χ3n) is 8.05. The number of aromatic nitrogens is 2. The lowest BCUT2D eigenvalue weighted by Crippen LogP contribution is -2.55. The van der Waals surface area contributed by atoms with Crippen molar-refractivity contribution in [2.75, 3.05) is 18.1 Å². The maximum absolute atomic E-state index is 14.1. The molecule has 7 nitrogen and oxygen atoms in total. The number of ether oxygens (including phenoxy) is 1. The van der Waals surface area contributed by atoms with Crippen molar-refractivity contribution >= 4 is 17.3 Å². The molecule has 2 aromatic carbocycles. The molecule has 0 spiro atoms. The molecule has 41 heavy (non-hydrogen) atoms. The summed E-state index contributed by atoms with van der Waals surface area (Å²) in [5.41, 5.74) is -0.711. The van der Waals surface area contributed by atoms with Crippen LogP contribution in [0.3, 0.4) is 0 Å². The minimum absolute atomic E-state index is 0.0166. The molecule has 2 unspecified atom stereocenters. The monoisotopic (exact) mass is 591 g/mol. The second-order valence-corrected chi connectivity index (χ2v) is 11.8. The number of nitrogens with one attached hydrogen (secondary N) is 1. The number of benzene rings is 2. The topological polar surface area (TPSA) is 90.7 Å². The van der Waals surface area contributed by atoms with Crippen LogP contribution in [0.1, 0.15) is 50.4 Å². The number of hydrogen-bond donors (Lipinski definition) is 3. The van der Waals surface area contributed by atoms with E-state index < -0.39 is 52.5 Å². The van der Waals surface area contributed by atoms with Crippen LogP contribution >= 0.6 is 11.6 Å². The molecule has 11 heteroatoms. The molecule has 2 aliphatic rings. The fourth-order valence-corrected chi connectivity index (χ4v) is 6.13. The van der Waals surface area contributed by atoms with Crippen molar-refractivity contribution in [2.45, 2.75) is 63.5 Å². The van der Waals surface area contributed by atoms with Gasteiger partial charge in [0.05, 0.1) is 36.2 Å². The first-order chi connectivity index (χ1) is 19.2. The summed E-state index contributed by atoms with van der Waals surface area (Å²) in [6.07, 6.45) is -6.03. The molecule has 5 rings (SSSR count). The van der Waals surface area contributed by atoms with Crippen LogP contribution in [-0.4, -0.2) is 51.5 Å². The van der Waals surface area contributed by atoms with Gasteiger partial charge >= 0.3 is 6.18 Å². The number of rotatable bonds is 7. The highest BCUT2D eigenvalue weighted by Crippen LogP contribution is 2.52. The fourth-order valence-electron chi connectivity index (χ4n) is 5.96. The third-order valence-corrected chi connectivity index (χ3v) is 8.29. The van der Waals surface area contributed by atoms with Gasteiger partial charge in [0.15, 0.2) is 0 Å². The first kappa shape index (κ1) is 29.4. The van der Waals surface area contributed by atoms with Gasteiger partial charge < -0.3 is 19.8 Å². The molecule has 220 valence electrons. The number of halogens is 4. The number of para-hydroxylation sites is 1. The van der Waals surface area contributed by atoms with Crippen LogP contribution in [0.4, 0.5) is 18.9 Å². The zero-order valence-corrected chi connectivity index (χ0v) is 23.9. The van der Waals surface area contributed by atoms with E-state index in [0.717, 1.165) is 21.6 Å². The Morgan fingerprint density at radius 3 is 2.39 bits per heavy atom. The Bertz CT molecular complexity index is 1500. The Hall–Kier alpha value is -3.05. The van der Waals surface area contributed by atoms with Gasteiger partial charge in [0.1, 0.15) is 5.69 Å². The van der Waals surface area contributed by atoms with Gasteiger partial charge in [-0.05, 0) is 49.7 Å². The predicted molar refractivity (Wildman–Crippen MR) is 151 cm³/mol. The molecule has 3 N–H and O–H groups in total. The lowest BCUT2D eigenvalue weighted by Gasteiger charge is -2.46. The van der Waals surface area contributed by atoms with Crippen LogP contribution in [0.15, 0.2) is 65.1 Å². The minimum atomic E-state index is -4.90. The Labute approximate surface area is 240 Å². The molecule has 1 fully saturated rings. The highest BCUT2D eigenvalue weighted by Gasteiger charge is 2.55. The van der Waals surface area contributed by atoms with Crippen LogP contribution in [0.2, 0.25) is 5.02 Å². The number of H-pyrrole nitrogens is 1. The van der Waals surface area contributed by atoms with E-state index in [9.17, 15) is 28.2 Å². The summed E-state index contributed by atoms with van der Waals surface area (Å²) in [4.78, 5) is 15.3. The van der Waals surface area contributed by atoms with Gasteiger partial charge in [-0.15, -0.1) is 0 Å². The summed E-state index contributed by atoms with van der Waals surface area (Å²) in [7, 11) is 0. The quantitative estimate of drug-likeness (QED) is 0.343. The van der Waals surface area contributed by atoms with Gasteiger partial charge in [-0.1, -0.05) is 49.7 Å². The Morgan fingerprint density at radius 2 is 1.78 bits per heavy atom. The van der Waals surface area contributed by atoms with Crippen LogP contribution in [0.5, 0.6) is 0 Å². The van der Waals surface area contributed by atoms with Crippen molar-refractivity contribution in [2.24, 2.45) is 5.92 Å². The SMILES string of the molecule is CC(C)OCCN1C(=CC2C(O)C(c3c(C(F)(F)F)[nH]n(-c4ccccc4)c3=O)C2O)C(C)(C)c2cc(Cl)ccc21. The number of nitrogens with zero attached hydrogens (tertiary/aromatic N) is 2. The summed E-state index contributed by atoms with van der Waals surface area (Å²) in [5.74, 6) is -2.34. The first-order valence-electron chi connectivity index (χ1n) is 13.5. The minimum Gasteiger partial charge on any atom is -0.392 e. The van der Waals surface area contributed by atoms with E-state index in [1.165, 1.54) is 12.1 Å². The maximum Gasteiger partial charge on any atom is 0.433 e.